The molecule has 1 heterocycles. The van der Waals surface area contributed by atoms with Crippen molar-refractivity contribution in [2.75, 3.05) is 13.1 Å². The number of phenols is 1. The summed E-state index contributed by atoms with van der Waals surface area (Å²) < 4.78 is 12.8. The second-order valence-electron chi connectivity index (χ2n) is 4.31. The summed E-state index contributed by atoms with van der Waals surface area (Å²) >= 11 is 0. The fraction of sp³-hybridized carbons (Fsp3) is 0.417. The van der Waals surface area contributed by atoms with E-state index in [4.69, 9.17) is 5.73 Å². The Kier molecular flexibility index (Phi) is 3.28. The molecule has 1 saturated heterocycles. The van der Waals surface area contributed by atoms with Gasteiger partial charge in [-0.05, 0) is 25.0 Å². The van der Waals surface area contributed by atoms with E-state index in [0.29, 0.717) is 13.1 Å². The highest BCUT2D eigenvalue weighted by Crippen LogP contribution is 2.21. The van der Waals surface area contributed by atoms with Gasteiger partial charge in [-0.1, -0.05) is 0 Å². The quantitative estimate of drug-likeness (QED) is 0.769. The van der Waals surface area contributed by atoms with Gasteiger partial charge in [0, 0.05) is 25.2 Å². The first-order valence-corrected chi connectivity index (χ1v) is 5.61. The lowest BCUT2D eigenvalue weighted by molar-refractivity contribution is 0.0705. The molecular formula is C12H15FN2O2. The van der Waals surface area contributed by atoms with Gasteiger partial charge in [-0.25, -0.2) is 4.39 Å². The zero-order chi connectivity index (χ0) is 12.4. The predicted octanol–water partition coefficient (Wildman–Crippen LogP) is 1.09. The van der Waals surface area contributed by atoms with Crippen LogP contribution in [0.2, 0.25) is 0 Å². The van der Waals surface area contributed by atoms with E-state index in [9.17, 15) is 14.3 Å². The van der Waals surface area contributed by atoms with Crippen LogP contribution in [0.4, 0.5) is 4.39 Å². The monoisotopic (exact) mass is 238 g/mol. The van der Waals surface area contributed by atoms with Gasteiger partial charge in [0.15, 0.2) is 0 Å². The summed E-state index contributed by atoms with van der Waals surface area (Å²) in [5.74, 6) is -1.18. The van der Waals surface area contributed by atoms with Gasteiger partial charge in [-0.3, -0.25) is 4.79 Å². The SMILES string of the molecule is NC1CCCN(C(=O)c2ccc(F)cc2O)C1. The summed E-state index contributed by atoms with van der Waals surface area (Å²) in [6.45, 7) is 1.11. The lowest BCUT2D eigenvalue weighted by Crippen LogP contribution is -2.45. The van der Waals surface area contributed by atoms with Crippen LogP contribution in [0.25, 0.3) is 0 Å². The Morgan fingerprint density at radius 3 is 2.94 bits per heavy atom. The smallest absolute Gasteiger partial charge is 0.257 e. The van der Waals surface area contributed by atoms with Crippen molar-refractivity contribution in [1.82, 2.24) is 4.90 Å². The van der Waals surface area contributed by atoms with Crippen LogP contribution in [0.5, 0.6) is 5.75 Å². The lowest BCUT2D eigenvalue weighted by Gasteiger charge is -2.30. The maximum atomic E-state index is 12.8. The van der Waals surface area contributed by atoms with Gasteiger partial charge < -0.3 is 15.7 Å². The van der Waals surface area contributed by atoms with E-state index in [2.05, 4.69) is 0 Å². The molecule has 5 heteroatoms. The third-order valence-electron chi connectivity index (χ3n) is 2.94. The van der Waals surface area contributed by atoms with Gasteiger partial charge in [0.2, 0.25) is 0 Å². The lowest BCUT2D eigenvalue weighted by atomic mass is 10.0. The number of phenolic OH excluding ortho intramolecular Hbond substituents is 1. The molecule has 92 valence electrons. The van der Waals surface area contributed by atoms with Crippen LogP contribution < -0.4 is 5.73 Å². The fourth-order valence-electron chi connectivity index (χ4n) is 2.05. The molecule has 0 radical (unpaired) electrons. The summed E-state index contributed by atoms with van der Waals surface area (Å²) in [5, 5.41) is 9.54. The zero-order valence-corrected chi connectivity index (χ0v) is 9.40. The number of aromatic hydroxyl groups is 1. The molecule has 17 heavy (non-hydrogen) atoms. The number of amides is 1. The van der Waals surface area contributed by atoms with Crippen molar-refractivity contribution in [3.63, 3.8) is 0 Å². The van der Waals surface area contributed by atoms with Crippen molar-refractivity contribution >= 4 is 5.91 Å². The van der Waals surface area contributed by atoms with Crippen LogP contribution in [-0.2, 0) is 0 Å². The van der Waals surface area contributed by atoms with Crippen LogP contribution >= 0.6 is 0 Å². The van der Waals surface area contributed by atoms with Crippen molar-refractivity contribution in [1.29, 1.82) is 0 Å². The number of rotatable bonds is 1. The number of nitrogens with zero attached hydrogens (tertiary/aromatic N) is 1. The predicted molar refractivity (Wildman–Crippen MR) is 61.2 cm³/mol. The molecular weight excluding hydrogens is 223 g/mol. The highest BCUT2D eigenvalue weighted by molar-refractivity contribution is 5.96. The second-order valence-corrected chi connectivity index (χ2v) is 4.31. The summed E-state index contributed by atoms with van der Waals surface area (Å²) in [4.78, 5) is 13.7. The summed E-state index contributed by atoms with van der Waals surface area (Å²) in [7, 11) is 0. The summed E-state index contributed by atoms with van der Waals surface area (Å²) in [5.41, 5.74) is 5.91. The number of benzene rings is 1. The summed E-state index contributed by atoms with van der Waals surface area (Å²) in [6.07, 6.45) is 1.76. The van der Waals surface area contributed by atoms with E-state index in [1.54, 1.807) is 4.90 Å². The third kappa shape index (κ3) is 2.55. The molecule has 1 aliphatic rings. The van der Waals surface area contributed by atoms with Crippen LogP contribution in [-0.4, -0.2) is 35.0 Å². The number of nitrogens with two attached hydrogens (primary N) is 1. The van der Waals surface area contributed by atoms with Crippen molar-refractivity contribution in [3.05, 3.63) is 29.6 Å². The Morgan fingerprint density at radius 2 is 2.29 bits per heavy atom. The Morgan fingerprint density at radius 1 is 1.53 bits per heavy atom. The first kappa shape index (κ1) is 11.9. The molecule has 1 aromatic carbocycles. The highest BCUT2D eigenvalue weighted by Gasteiger charge is 2.24. The zero-order valence-electron chi connectivity index (χ0n) is 9.40. The van der Waals surface area contributed by atoms with Crippen LogP contribution in [0.3, 0.4) is 0 Å². The number of hydrogen-bond donors (Lipinski definition) is 2. The normalized spacial score (nSPS) is 20.4. The van der Waals surface area contributed by atoms with E-state index >= 15 is 0 Å². The fourth-order valence-corrected chi connectivity index (χ4v) is 2.05. The molecule has 0 bridgehead atoms. The Hall–Kier alpha value is -1.62. The largest absolute Gasteiger partial charge is 0.507 e. The van der Waals surface area contributed by atoms with E-state index < -0.39 is 5.82 Å². The Balaban J connectivity index is 2.18. The molecule has 1 atom stereocenters. The number of piperidine rings is 1. The first-order chi connectivity index (χ1) is 8.08. The average Bonchev–Trinajstić information content (AvgIpc) is 2.28. The summed E-state index contributed by atoms with van der Waals surface area (Å²) in [6, 6.07) is 3.39. The molecule has 4 nitrogen and oxygen atoms in total. The van der Waals surface area contributed by atoms with Gasteiger partial charge in [-0.2, -0.15) is 0 Å². The minimum Gasteiger partial charge on any atom is -0.507 e. The average molecular weight is 238 g/mol. The number of carbonyl (C=O) groups excluding carboxylic acids is 1. The second kappa shape index (κ2) is 4.71. The van der Waals surface area contributed by atoms with Crippen molar-refractivity contribution in [2.24, 2.45) is 5.73 Å². The number of hydrogen-bond acceptors (Lipinski definition) is 3. The molecule has 0 spiro atoms. The molecule has 2 rings (SSSR count). The Labute approximate surface area is 98.8 Å². The van der Waals surface area contributed by atoms with Crippen LogP contribution in [0.1, 0.15) is 23.2 Å². The van der Waals surface area contributed by atoms with Crippen LogP contribution in [0, 0.1) is 5.82 Å². The highest BCUT2D eigenvalue weighted by atomic mass is 19.1. The van der Waals surface area contributed by atoms with Gasteiger partial charge >= 0.3 is 0 Å². The molecule has 0 aromatic heterocycles. The molecule has 1 aliphatic heterocycles. The third-order valence-corrected chi connectivity index (χ3v) is 2.94. The number of likely N-dealkylation sites (tertiary alicyclic amines) is 1. The molecule has 3 N–H and O–H groups in total. The molecule has 1 aromatic rings. The van der Waals surface area contributed by atoms with E-state index in [-0.39, 0.29) is 23.3 Å². The number of halogens is 1. The standard InChI is InChI=1S/C12H15FN2O2/c13-8-3-4-10(11(16)6-8)12(17)15-5-1-2-9(14)7-15/h3-4,6,9,16H,1-2,5,7,14H2. The minimum absolute atomic E-state index is 0.0182. The van der Waals surface area contributed by atoms with Gasteiger partial charge in [0.25, 0.3) is 5.91 Å². The van der Waals surface area contributed by atoms with Gasteiger partial charge in [-0.15, -0.1) is 0 Å². The van der Waals surface area contributed by atoms with Gasteiger partial charge in [0.1, 0.15) is 11.6 Å². The maximum absolute atomic E-state index is 12.8. The maximum Gasteiger partial charge on any atom is 0.257 e. The topological polar surface area (TPSA) is 66.6 Å². The van der Waals surface area contributed by atoms with Crippen molar-refractivity contribution in [3.8, 4) is 5.75 Å². The van der Waals surface area contributed by atoms with E-state index in [1.807, 2.05) is 0 Å². The van der Waals surface area contributed by atoms with Crippen LogP contribution in [0.15, 0.2) is 18.2 Å². The molecule has 1 fully saturated rings. The molecule has 0 aliphatic carbocycles. The molecule has 0 saturated carbocycles. The van der Waals surface area contributed by atoms with Crippen molar-refractivity contribution < 1.29 is 14.3 Å². The molecule has 1 unspecified atom stereocenters. The van der Waals surface area contributed by atoms with E-state index in [1.165, 1.54) is 6.07 Å². The minimum atomic E-state index is -0.561. The molecule has 1 amide bonds. The van der Waals surface area contributed by atoms with E-state index in [0.717, 1.165) is 25.0 Å². The Bertz CT molecular complexity index is 437. The van der Waals surface area contributed by atoms with Gasteiger partial charge in [0.05, 0.1) is 5.56 Å². The van der Waals surface area contributed by atoms with Crippen molar-refractivity contribution in [2.45, 2.75) is 18.9 Å². The number of carbonyl (C=O) groups is 1. The first-order valence-electron chi connectivity index (χ1n) is 5.61.